The Labute approximate surface area is 249 Å². The van der Waals surface area contributed by atoms with Crippen molar-refractivity contribution in [2.75, 3.05) is 7.11 Å². The van der Waals surface area contributed by atoms with Crippen LogP contribution in [0.25, 0.3) is 5.69 Å². The number of nitrogens with zero attached hydrogens (tertiary/aromatic N) is 2. The Morgan fingerprint density at radius 1 is 0.929 bits per heavy atom. The van der Waals surface area contributed by atoms with Crippen LogP contribution in [-0.2, 0) is 13.2 Å². The van der Waals surface area contributed by atoms with E-state index < -0.39 is 5.91 Å². The Hall–Kier alpha value is -4.95. The van der Waals surface area contributed by atoms with Gasteiger partial charge in [0.05, 0.1) is 18.3 Å². The molecule has 42 heavy (non-hydrogen) atoms. The second-order valence-corrected chi connectivity index (χ2v) is 9.91. The molecule has 2 aromatic heterocycles. The predicted octanol–water partition coefficient (Wildman–Crippen LogP) is 7.27. The molecule has 5 rings (SSSR count). The van der Waals surface area contributed by atoms with Crippen molar-refractivity contribution in [2.24, 2.45) is 5.10 Å². The Morgan fingerprint density at radius 3 is 2.38 bits per heavy atom. The number of aromatic nitrogens is 1. The maximum atomic E-state index is 12.6. The zero-order chi connectivity index (χ0) is 29.5. The quantitative estimate of drug-likeness (QED) is 0.130. The summed E-state index contributed by atoms with van der Waals surface area (Å²) in [4.78, 5) is 12.6. The number of rotatable bonds is 11. The highest BCUT2D eigenvalue weighted by molar-refractivity contribution is 6.32. The van der Waals surface area contributed by atoms with Crippen molar-refractivity contribution in [3.05, 3.63) is 130 Å². The highest BCUT2D eigenvalue weighted by Crippen LogP contribution is 2.36. The van der Waals surface area contributed by atoms with Crippen LogP contribution in [0.15, 0.2) is 101 Å². The lowest BCUT2D eigenvalue weighted by Gasteiger charge is -2.13. The Balaban J connectivity index is 1.14. The molecule has 0 aliphatic rings. The molecule has 3 aromatic carbocycles. The number of ether oxygens (including phenoxy) is 3. The highest BCUT2D eigenvalue weighted by Gasteiger charge is 2.14. The smallest absolute Gasteiger partial charge is 0.307 e. The van der Waals surface area contributed by atoms with Gasteiger partial charge in [0, 0.05) is 17.1 Å². The van der Waals surface area contributed by atoms with Crippen molar-refractivity contribution >= 4 is 23.7 Å². The summed E-state index contributed by atoms with van der Waals surface area (Å²) < 4.78 is 25.0. The van der Waals surface area contributed by atoms with Gasteiger partial charge in [0.1, 0.15) is 24.7 Å². The average Bonchev–Trinajstić information content (AvgIpc) is 3.62. The molecule has 0 saturated carbocycles. The number of aryl methyl sites for hydroxylation is 2. The zero-order valence-electron chi connectivity index (χ0n) is 23.5. The number of hydrogen-bond donors (Lipinski definition) is 1. The van der Waals surface area contributed by atoms with E-state index in [1.807, 2.05) is 54.6 Å². The molecule has 2 heterocycles. The molecule has 0 spiro atoms. The lowest BCUT2D eigenvalue weighted by atomic mass is 10.2. The minimum Gasteiger partial charge on any atom is -0.493 e. The van der Waals surface area contributed by atoms with Crippen LogP contribution in [0.4, 0.5) is 0 Å². The van der Waals surface area contributed by atoms with E-state index in [0.29, 0.717) is 40.2 Å². The lowest BCUT2D eigenvalue weighted by molar-refractivity contribution is 0.0923. The molecule has 0 radical (unpaired) electrons. The first-order valence-corrected chi connectivity index (χ1v) is 13.6. The summed E-state index contributed by atoms with van der Waals surface area (Å²) in [6.07, 6.45) is 1.46. The topological polar surface area (TPSA) is 87.2 Å². The van der Waals surface area contributed by atoms with E-state index in [2.05, 4.69) is 41.1 Å². The maximum Gasteiger partial charge on any atom is 0.307 e. The second-order valence-electron chi connectivity index (χ2n) is 9.51. The van der Waals surface area contributed by atoms with E-state index in [4.69, 9.17) is 30.2 Å². The number of carbonyl (C=O) groups is 1. The van der Waals surface area contributed by atoms with Crippen LogP contribution in [0, 0.1) is 13.8 Å². The third-order valence-corrected chi connectivity index (χ3v) is 6.77. The van der Waals surface area contributed by atoms with Gasteiger partial charge in [0.25, 0.3) is 0 Å². The van der Waals surface area contributed by atoms with E-state index in [1.54, 1.807) is 24.3 Å². The monoisotopic (exact) mass is 583 g/mol. The summed E-state index contributed by atoms with van der Waals surface area (Å²) in [6, 6.07) is 28.4. The summed E-state index contributed by atoms with van der Waals surface area (Å²) in [5.41, 5.74) is 7.47. The summed E-state index contributed by atoms with van der Waals surface area (Å²) in [5, 5.41) is 4.39. The van der Waals surface area contributed by atoms with Gasteiger partial charge in [0.15, 0.2) is 17.3 Å². The van der Waals surface area contributed by atoms with Gasteiger partial charge < -0.3 is 23.2 Å². The number of furan rings is 1. The largest absolute Gasteiger partial charge is 0.493 e. The van der Waals surface area contributed by atoms with Crippen molar-refractivity contribution in [3.8, 4) is 22.9 Å². The molecule has 0 aliphatic carbocycles. The van der Waals surface area contributed by atoms with Gasteiger partial charge >= 0.3 is 5.91 Å². The van der Waals surface area contributed by atoms with Gasteiger partial charge in [-0.25, -0.2) is 5.43 Å². The van der Waals surface area contributed by atoms with Crippen molar-refractivity contribution < 1.29 is 23.4 Å². The first-order valence-electron chi connectivity index (χ1n) is 13.3. The SMILES string of the molecule is COc1cc(/C=N/NC(=O)c2ccc(COc3ccc(-n4c(C)ccc4C)cc3)o2)cc(Cl)c1OCc1ccccc1. The number of hydrogen-bond acceptors (Lipinski definition) is 6. The summed E-state index contributed by atoms with van der Waals surface area (Å²) >= 11 is 6.46. The second kappa shape index (κ2) is 13.1. The van der Waals surface area contributed by atoms with Crippen LogP contribution in [0.3, 0.4) is 0 Å². The van der Waals surface area contributed by atoms with Crippen molar-refractivity contribution in [2.45, 2.75) is 27.1 Å². The Bertz CT molecular complexity index is 1670. The molecule has 0 atom stereocenters. The van der Waals surface area contributed by atoms with E-state index >= 15 is 0 Å². The van der Waals surface area contributed by atoms with E-state index in [9.17, 15) is 4.79 Å². The molecule has 1 amide bonds. The van der Waals surface area contributed by atoms with Gasteiger partial charge in [-0.05, 0) is 85.6 Å². The standard InChI is InChI=1S/C33H30ClN3O5/c1-22-9-10-23(2)37(22)26-11-13-27(14-12-26)40-21-28-15-16-30(42-28)33(38)36-35-19-25-17-29(34)32(31(18-25)39-3)41-20-24-7-5-4-6-8-24/h4-19H,20-21H2,1-3H3,(H,36,38)/b35-19+. The van der Waals surface area contributed by atoms with Crippen molar-refractivity contribution in [3.63, 3.8) is 0 Å². The highest BCUT2D eigenvalue weighted by atomic mass is 35.5. The first kappa shape index (κ1) is 28.6. The molecular formula is C33H30ClN3O5. The van der Waals surface area contributed by atoms with E-state index in [-0.39, 0.29) is 12.4 Å². The molecule has 0 bridgehead atoms. The third kappa shape index (κ3) is 6.85. The lowest BCUT2D eigenvalue weighted by Crippen LogP contribution is -2.16. The number of amides is 1. The molecule has 214 valence electrons. The molecule has 0 fully saturated rings. The molecule has 0 aliphatic heterocycles. The van der Waals surface area contributed by atoms with Crippen molar-refractivity contribution in [1.29, 1.82) is 0 Å². The van der Waals surface area contributed by atoms with Gasteiger partial charge in [-0.2, -0.15) is 5.10 Å². The summed E-state index contributed by atoms with van der Waals surface area (Å²) in [5.74, 6) is 1.69. The normalized spacial score (nSPS) is 11.0. The molecule has 0 unspecified atom stereocenters. The fourth-order valence-corrected chi connectivity index (χ4v) is 4.68. The van der Waals surface area contributed by atoms with Crippen LogP contribution in [0.2, 0.25) is 5.02 Å². The number of hydrazone groups is 1. The van der Waals surface area contributed by atoms with E-state index in [1.165, 1.54) is 13.3 Å². The van der Waals surface area contributed by atoms with Gasteiger partial charge in [-0.1, -0.05) is 41.9 Å². The fourth-order valence-electron chi connectivity index (χ4n) is 4.40. The number of methoxy groups -OCH3 is 1. The predicted molar refractivity (Wildman–Crippen MR) is 162 cm³/mol. The molecule has 5 aromatic rings. The molecule has 1 N–H and O–H groups in total. The number of benzene rings is 3. The fraction of sp³-hybridized carbons (Fsp3) is 0.152. The Kier molecular flexibility index (Phi) is 8.94. The van der Waals surface area contributed by atoms with Crippen LogP contribution in [-0.4, -0.2) is 23.8 Å². The van der Waals surface area contributed by atoms with Crippen LogP contribution < -0.4 is 19.6 Å². The number of carbonyl (C=O) groups excluding carboxylic acids is 1. The van der Waals surface area contributed by atoms with Gasteiger partial charge in [0.2, 0.25) is 0 Å². The minimum absolute atomic E-state index is 0.111. The summed E-state index contributed by atoms with van der Waals surface area (Å²) in [6.45, 7) is 4.66. The third-order valence-electron chi connectivity index (χ3n) is 6.49. The average molecular weight is 584 g/mol. The van der Waals surface area contributed by atoms with Crippen LogP contribution in [0.5, 0.6) is 17.2 Å². The number of nitrogens with one attached hydrogen (secondary N) is 1. The zero-order valence-corrected chi connectivity index (χ0v) is 24.2. The molecular weight excluding hydrogens is 554 g/mol. The van der Waals surface area contributed by atoms with Gasteiger partial charge in [-0.3, -0.25) is 4.79 Å². The van der Waals surface area contributed by atoms with Crippen LogP contribution >= 0.6 is 11.6 Å². The first-order chi connectivity index (χ1) is 20.4. The van der Waals surface area contributed by atoms with E-state index in [0.717, 1.165) is 22.6 Å². The van der Waals surface area contributed by atoms with Crippen LogP contribution in [0.1, 0.15) is 38.8 Å². The molecule has 9 heteroatoms. The Morgan fingerprint density at radius 2 is 1.67 bits per heavy atom. The molecule has 0 saturated heterocycles. The molecule has 8 nitrogen and oxygen atoms in total. The maximum absolute atomic E-state index is 12.6. The summed E-state index contributed by atoms with van der Waals surface area (Å²) in [7, 11) is 1.53. The van der Waals surface area contributed by atoms with Gasteiger partial charge in [-0.15, -0.1) is 0 Å². The van der Waals surface area contributed by atoms with Crippen molar-refractivity contribution in [1.82, 2.24) is 9.99 Å². The number of halogens is 1. The minimum atomic E-state index is -0.500.